The number of amides is 1. The van der Waals surface area contributed by atoms with Crippen LogP contribution in [0.4, 0.5) is 13.6 Å². The highest BCUT2D eigenvalue weighted by Crippen LogP contribution is 2.41. The molecule has 29 heavy (non-hydrogen) atoms. The molecular weight excluding hydrogens is 452 g/mol. The summed E-state index contributed by atoms with van der Waals surface area (Å²) in [5, 5.41) is 0.565. The highest BCUT2D eigenvalue weighted by Gasteiger charge is 2.50. The van der Waals surface area contributed by atoms with Crippen molar-refractivity contribution < 1.29 is 22.7 Å². The lowest BCUT2D eigenvalue weighted by molar-refractivity contribution is -0.00248. The number of aromatic amines is 1. The van der Waals surface area contributed by atoms with Crippen LogP contribution in [-0.4, -0.2) is 39.0 Å². The lowest BCUT2D eigenvalue weighted by Gasteiger charge is -2.27. The van der Waals surface area contributed by atoms with Crippen molar-refractivity contribution >= 4 is 44.1 Å². The molecule has 1 atom stereocenters. The Morgan fingerprint density at radius 1 is 1.41 bits per heavy atom. The average Bonchev–Trinajstić information content (AvgIpc) is 3.11. The molecule has 4 rings (SSSR count). The van der Waals surface area contributed by atoms with Crippen molar-refractivity contribution in [2.24, 2.45) is 0 Å². The molecule has 7 nitrogen and oxygen atoms in total. The molecule has 10 heteroatoms. The van der Waals surface area contributed by atoms with Crippen LogP contribution < -0.4 is 5.56 Å². The van der Waals surface area contributed by atoms with E-state index in [1.54, 1.807) is 39.0 Å². The van der Waals surface area contributed by atoms with Crippen LogP contribution in [0.25, 0.3) is 22.1 Å². The van der Waals surface area contributed by atoms with Crippen molar-refractivity contribution in [1.29, 1.82) is 0 Å². The summed E-state index contributed by atoms with van der Waals surface area (Å²) in [6, 6.07) is 4.03. The quantitative estimate of drug-likeness (QED) is 0.555. The van der Waals surface area contributed by atoms with E-state index < -0.39 is 42.2 Å². The Labute approximate surface area is 172 Å². The number of rotatable bonds is 1. The standard InChI is InChI=1S/C19H18BrF2N3O4/c1-18(2,3)29-17(27)25-8-19(21,22)7-11(25)15-23-13-10-6-9(20)4-5-12(10)28-14(13)16(26)24-15/h4-6,11H,7-8H2,1-3H3,(H,23,24,26). The number of nitrogens with one attached hydrogen (secondary N) is 1. The van der Waals surface area contributed by atoms with E-state index in [4.69, 9.17) is 9.15 Å². The van der Waals surface area contributed by atoms with Gasteiger partial charge in [-0.3, -0.25) is 9.69 Å². The van der Waals surface area contributed by atoms with Gasteiger partial charge in [0.15, 0.2) is 0 Å². The SMILES string of the molecule is CC(C)(C)OC(=O)N1CC(F)(F)CC1c1nc2c(oc3ccc(Br)cc32)c(=O)[nH]1. The second-order valence-corrected chi connectivity index (χ2v) is 8.97. The van der Waals surface area contributed by atoms with E-state index in [-0.39, 0.29) is 16.9 Å². The molecule has 154 valence electrons. The number of halogens is 3. The summed E-state index contributed by atoms with van der Waals surface area (Å²) in [6.45, 7) is 4.13. The zero-order chi connectivity index (χ0) is 21.1. The lowest BCUT2D eigenvalue weighted by Crippen LogP contribution is -2.38. The van der Waals surface area contributed by atoms with E-state index in [0.29, 0.717) is 11.0 Å². The minimum atomic E-state index is -3.13. The van der Waals surface area contributed by atoms with Gasteiger partial charge in [0.2, 0.25) is 5.58 Å². The smallest absolute Gasteiger partial charge is 0.411 e. The maximum atomic E-state index is 14.2. The molecular formula is C19H18BrF2N3O4. The van der Waals surface area contributed by atoms with Gasteiger partial charge in [-0.25, -0.2) is 18.6 Å². The van der Waals surface area contributed by atoms with Crippen molar-refractivity contribution in [2.75, 3.05) is 6.54 Å². The summed E-state index contributed by atoms with van der Waals surface area (Å²) in [7, 11) is 0. The Balaban J connectivity index is 1.83. The second kappa shape index (κ2) is 6.51. The monoisotopic (exact) mass is 469 g/mol. The molecule has 1 amide bonds. The summed E-state index contributed by atoms with van der Waals surface area (Å²) >= 11 is 3.35. The molecule has 1 fully saturated rings. The maximum absolute atomic E-state index is 14.2. The van der Waals surface area contributed by atoms with Crippen LogP contribution >= 0.6 is 15.9 Å². The number of likely N-dealkylation sites (tertiary alicyclic amines) is 1. The van der Waals surface area contributed by atoms with E-state index in [9.17, 15) is 18.4 Å². The Morgan fingerprint density at radius 3 is 2.83 bits per heavy atom. The highest BCUT2D eigenvalue weighted by molar-refractivity contribution is 9.10. The number of ether oxygens (including phenoxy) is 1. The first kappa shape index (κ1) is 19.8. The molecule has 0 bridgehead atoms. The van der Waals surface area contributed by atoms with Crippen LogP contribution in [0.2, 0.25) is 0 Å². The number of carbonyl (C=O) groups is 1. The van der Waals surface area contributed by atoms with Crippen LogP contribution in [0.3, 0.4) is 0 Å². The summed E-state index contributed by atoms with van der Waals surface area (Å²) in [5.41, 5.74) is -0.761. The Morgan fingerprint density at radius 2 is 2.14 bits per heavy atom. The first-order chi connectivity index (χ1) is 13.4. The Kier molecular flexibility index (Phi) is 4.45. The summed E-state index contributed by atoms with van der Waals surface area (Å²) < 4.78 is 40.0. The van der Waals surface area contributed by atoms with Gasteiger partial charge in [-0.2, -0.15) is 0 Å². The summed E-state index contributed by atoms with van der Waals surface area (Å²) in [4.78, 5) is 32.9. The number of hydrogen-bond donors (Lipinski definition) is 1. The van der Waals surface area contributed by atoms with E-state index in [1.165, 1.54) is 0 Å². The summed E-state index contributed by atoms with van der Waals surface area (Å²) in [6.07, 6.45) is -1.55. The Bertz CT molecular complexity index is 1180. The second-order valence-electron chi connectivity index (χ2n) is 8.06. The average molecular weight is 470 g/mol. The van der Waals surface area contributed by atoms with Gasteiger partial charge >= 0.3 is 6.09 Å². The van der Waals surface area contributed by atoms with Crippen molar-refractivity contribution in [1.82, 2.24) is 14.9 Å². The van der Waals surface area contributed by atoms with Gasteiger partial charge in [0.1, 0.15) is 22.5 Å². The normalized spacial score (nSPS) is 19.2. The van der Waals surface area contributed by atoms with E-state index in [0.717, 1.165) is 9.37 Å². The molecule has 1 aliphatic heterocycles. The molecule has 2 aromatic heterocycles. The number of H-pyrrole nitrogens is 1. The number of aromatic nitrogens is 2. The zero-order valence-corrected chi connectivity index (χ0v) is 17.5. The van der Waals surface area contributed by atoms with Crippen molar-refractivity contribution in [2.45, 2.75) is 44.8 Å². The van der Waals surface area contributed by atoms with Crippen molar-refractivity contribution in [3.05, 3.63) is 38.9 Å². The number of carbonyl (C=O) groups excluding carboxylic acids is 1. The molecule has 1 saturated heterocycles. The van der Waals surface area contributed by atoms with Gasteiger partial charge in [-0.05, 0) is 39.0 Å². The fourth-order valence-electron chi connectivity index (χ4n) is 3.37. The first-order valence-corrected chi connectivity index (χ1v) is 9.72. The van der Waals surface area contributed by atoms with Gasteiger partial charge < -0.3 is 14.1 Å². The van der Waals surface area contributed by atoms with Gasteiger partial charge in [-0.1, -0.05) is 15.9 Å². The van der Waals surface area contributed by atoms with E-state index in [2.05, 4.69) is 25.9 Å². The molecule has 1 unspecified atom stereocenters. The predicted molar refractivity (Wildman–Crippen MR) is 105 cm³/mol. The minimum Gasteiger partial charge on any atom is -0.449 e. The van der Waals surface area contributed by atoms with Crippen LogP contribution in [0.5, 0.6) is 0 Å². The molecule has 0 radical (unpaired) electrons. The molecule has 3 heterocycles. The number of nitrogens with zero attached hydrogens (tertiary/aromatic N) is 2. The van der Waals surface area contributed by atoms with E-state index in [1.807, 2.05) is 0 Å². The van der Waals surface area contributed by atoms with Crippen LogP contribution in [0.15, 0.2) is 31.9 Å². The third-order valence-corrected chi connectivity index (χ3v) is 5.01. The first-order valence-electron chi connectivity index (χ1n) is 8.93. The van der Waals surface area contributed by atoms with E-state index >= 15 is 0 Å². The minimum absolute atomic E-state index is 0.00424. The predicted octanol–water partition coefficient (Wildman–Crippen LogP) is 4.75. The van der Waals surface area contributed by atoms with Crippen molar-refractivity contribution in [3.63, 3.8) is 0 Å². The number of furan rings is 1. The number of hydrogen-bond acceptors (Lipinski definition) is 5. The Hall–Kier alpha value is -2.49. The third-order valence-electron chi connectivity index (χ3n) is 4.52. The number of fused-ring (bicyclic) bond motifs is 3. The van der Waals surface area contributed by atoms with Crippen molar-refractivity contribution in [3.8, 4) is 0 Å². The lowest BCUT2D eigenvalue weighted by atomic mass is 10.1. The largest absolute Gasteiger partial charge is 0.449 e. The van der Waals surface area contributed by atoms with Gasteiger partial charge in [-0.15, -0.1) is 0 Å². The summed E-state index contributed by atoms with van der Waals surface area (Å²) in [5.74, 6) is -3.16. The van der Waals surface area contributed by atoms with Crippen LogP contribution in [-0.2, 0) is 4.74 Å². The highest BCUT2D eigenvalue weighted by atomic mass is 79.9. The molecule has 3 aromatic rings. The molecule has 1 N–H and O–H groups in total. The molecule has 1 aromatic carbocycles. The van der Waals surface area contributed by atoms with Gasteiger partial charge in [0, 0.05) is 16.3 Å². The van der Waals surface area contributed by atoms with Crippen LogP contribution in [0.1, 0.15) is 39.1 Å². The number of alkyl halides is 2. The fraction of sp³-hybridized carbons (Fsp3) is 0.421. The molecule has 0 saturated carbocycles. The van der Waals surface area contributed by atoms with Crippen LogP contribution in [0, 0.1) is 0 Å². The van der Waals surface area contributed by atoms with Gasteiger partial charge in [0.25, 0.3) is 11.5 Å². The molecule has 1 aliphatic rings. The zero-order valence-electron chi connectivity index (χ0n) is 15.9. The van der Waals surface area contributed by atoms with Gasteiger partial charge in [0.05, 0.1) is 12.6 Å². The third kappa shape index (κ3) is 3.73. The maximum Gasteiger partial charge on any atom is 0.411 e. The molecule has 0 aliphatic carbocycles. The topological polar surface area (TPSA) is 88.4 Å². The molecule has 0 spiro atoms. The number of benzene rings is 1. The fourth-order valence-corrected chi connectivity index (χ4v) is 3.74.